The molecule has 0 saturated heterocycles. The van der Waals surface area contributed by atoms with Crippen LogP contribution in [-0.2, 0) is 9.59 Å². The van der Waals surface area contributed by atoms with Gasteiger partial charge in [0.25, 0.3) is 5.91 Å². The molecule has 0 aliphatic carbocycles. The molecule has 0 saturated carbocycles. The Bertz CT molecular complexity index is 588. The van der Waals surface area contributed by atoms with Crippen molar-refractivity contribution in [1.29, 1.82) is 0 Å². The largest absolute Gasteiger partial charge is 0.481 e. The van der Waals surface area contributed by atoms with Crippen LogP contribution in [0.3, 0.4) is 0 Å². The Morgan fingerprint density at radius 2 is 1.81 bits per heavy atom. The van der Waals surface area contributed by atoms with Crippen LogP contribution in [0.2, 0.25) is 0 Å². The summed E-state index contributed by atoms with van der Waals surface area (Å²) in [7, 11) is 0. The van der Waals surface area contributed by atoms with Gasteiger partial charge in [-0.25, -0.2) is 13.6 Å². The predicted octanol–water partition coefficient (Wildman–Crippen LogP) is 1.32. The van der Waals surface area contributed by atoms with Crippen molar-refractivity contribution in [2.75, 3.05) is 0 Å². The number of rotatable bonds is 6. The van der Waals surface area contributed by atoms with Crippen molar-refractivity contribution < 1.29 is 33.4 Å². The first kappa shape index (κ1) is 16.5. The van der Waals surface area contributed by atoms with Crippen LogP contribution < -0.4 is 5.32 Å². The van der Waals surface area contributed by atoms with Gasteiger partial charge in [0.05, 0.1) is 5.56 Å². The minimum Gasteiger partial charge on any atom is -0.481 e. The molecule has 114 valence electrons. The van der Waals surface area contributed by atoms with E-state index in [1.54, 1.807) is 0 Å². The zero-order chi connectivity index (χ0) is 16.2. The summed E-state index contributed by atoms with van der Waals surface area (Å²) in [5.41, 5.74) is -0.477. The fraction of sp³-hybridized carbons (Fsp3) is 0.308. The summed E-state index contributed by atoms with van der Waals surface area (Å²) in [5.74, 6) is -5.67. The summed E-state index contributed by atoms with van der Waals surface area (Å²) in [6, 6.07) is 0.00580. The Morgan fingerprint density at radius 1 is 1.19 bits per heavy atom. The molecule has 1 aromatic rings. The van der Waals surface area contributed by atoms with Crippen molar-refractivity contribution >= 4 is 17.8 Å². The van der Waals surface area contributed by atoms with Gasteiger partial charge in [0, 0.05) is 12.5 Å². The van der Waals surface area contributed by atoms with Crippen molar-refractivity contribution in [3.05, 3.63) is 34.9 Å². The van der Waals surface area contributed by atoms with Gasteiger partial charge in [-0.05, 0) is 25.0 Å². The predicted molar refractivity (Wildman–Crippen MR) is 66.9 cm³/mol. The van der Waals surface area contributed by atoms with Gasteiger partial charge < -0.3 is 15.5 Å². The molecule has 0 fully saturated rings. The number of carbonyl (C=O) groups excluding carboxylic acids is 1. The third kappa shape index (κ3) is 4.51. The number of carboxylic acids is 2. The molecular weight excluding hydrogens is 288 g/mol. The molecule has 6 nitrogen and oxygen atoms in total. The Balaban J connectivity index is 2.89. The molecule has 0 aliphatic heterocycles. The van der Waals surface area contributed by atoms with Gasteiger partial charge >= 0.3 is 11.9 Å². The number of aryl methyl sites for hydroxylation is 1. The number of halogens is 2. The van der Waals surface area contributed by atoms with Crippen LogP contribution in [0.15, 0.2) is 12.1 Å². The molecule has 1 aromatic carbocycles. The van der Waals surface area contributed by atoms with E-state index < -0.39 is 47.5 Å². The zero-order valence-electron chi connectivity index (χ0n) is 11.0. The SMILES string of the molecule is Cc1cc(C(=O)NC(CCC(=O)O)C(=O)O)c(F)cc1F. The van der Waals surface area contributed by atoms with Gasteiger partial charge in [-0.15, -0.1) is 0 Å². The summed E-state index contributed by atoms with van der Waals surface area (Å²) in [6.45, 7) is 1.32. The van der Waals surface area contributed by atoms with Crippen LogP contribution in [0.5, 0.6) is 0 Å². The molecular formula is C13H13F2NO5. The van der Waals surface area contributed by atoms with Crippen LogP contribution in [0.25, 0.3) is 0 Å². The summed E-state index contributed by atoms with van der Waals surface area (Å²) in [5, 5.41) is 19.4. The summed E-state index contributed by atoms with van der Waals surface area (Å²) >= 11 is 0. The minimum atomic E-state index is -1.47. The Labute approximate surface area is 118 Å². The topological polar surface area (TPSA) is 104 Å². The zero-order valence-corrected chi connectivity index (χ0v) is 11.0. The average Bonchev–Trinajstić information content (AvgIpc) is 2.37. The lowest BCUT2D eigenvalue weighted by Gasteiger charge is -2.14. The van der Waals surface area contributed by atoms with Crippen molar-refractivity contribution in [2.24, 2.45) is 0 Å². The Hall–Kier alpha value is -2.51. The third-order valence-electron chi connectivity index (χ3n) is 2.74. The van der Waals surface area contributed by atoms with Gasteiger partial charge in [0.15, 0.2) is 0 Å². The summed E-state index contributed by atoms with van der Waals surface area (Å²) in [6.07, 6.45) is -0.819. The molecule has 1 unspecified atom stereocenters. The highest BCUT2D eigenvalue weighted by Gasteiger charge is 2.23. The molecule has 1 rings (SSSR count). The number of nitrogens with one attached hydrogen (secondary N) is 1. The lowest BCUT2D eigenvalue weighted by Crippen LogP contribution is -2.41. The fourth-order valence-electron chi connectivity index (χ4n) is 1.59. The number of hydrogen-bond donors (Lipinski definition) is 3. The van der Waals surface area contributed by atoms with E-state index in [4.69, 9.17) is 10.2 Å². The molecule has 1 amide bonds. The maximum atomic E-state index is 13.5. The van der Waals surface area contributed by atoms with E-state index in [1.807, 2.05) is 5.32 Å². The van der Waals surface area contributed by atoms with E-state index in [1.165, 1.54) is 6.92 Å². The Kier molecular flexibility index (Phi) is 5.34. The summed E-state index contributed by atoms with van der Waals surface area (Å²) in [4.78, 5) is 33.1. The summed E-state index contributed by atoms with van der Waals surface area (Å²) < 4.78 is 26.6. The molecule has 8 heteroatoms. The number of benzene rings is 1. The maximum absolute atomic E-state index is 13.5. The standard InChI is InChI=1S/C13H13F2NO5/c1-6-4-7(9(15)5-8(6)14)12(19)16-10(13(20)21)2-3-11(17)18/h4-5,10H,2-3H2,1H3,(H,16,19)(H,17,18)(H,20,21). The van der Waals surface area contributed by atoms with Crippen molar-refractivity contribution in [3.8, 4) is 0 Å². The molecule has 0 aliphatic rings. The number of carboxylic acid groups (broad SMARTS) is 2. The molecule has 1 atom stereocenters. The van der Waals surface area contributed by atoms with Crippen LogP contribution in [0, 0.1) is 18.6 Å². The number of hydrogen-bond acceptors (Lipinski definition) is 3. The highest BCUT2D eigenvalue weighted by molar-refractivity contribution is 5.97. The first-order chi connectivity index (χ1) is 9.72. The molecule has 0 spiro atoms. The van der Waals surface area contributed by atoms with Crippen LogP contribution in [0.1, 0.15) is 28.8 Å². The van der Waals surface area contributed by atoms with E-state index >= 15 is 0 Å². The second-order valence-corrected chi connectivity index (χ2v) is 4.38. The quantitative estimate of drug-likeness (QED) is 0.735. The second kappa shape index (κ2) is 6.78. The van der Waals surface area contributed by atoms with Crippen LogP contribution in [-0.4, -0.2) is 34.1 Å². The fourth-order valence-corrected chi connectivity index (χ4v) is 1.59. The molecule has 0 heterocycles. The normalized spacial score (nSPS) is 11.8. The van der Waals surface area contributed by atoms with E-state index in [-0.39, 0.29) is 12.0 Å². The van der Waals surface area contributed by atoms with E-state index in [0.717, 1.165) is 6.07 Å². The number of aliphatic carboxylic acids is 2. The van der Waals surface area contributed by atoms with E-state index in [0.29, 0.717) is 6.07 Å². The lowest BCUT2D eigenvalue weighted by atomic mass is 10.1. The van der Waals surface area contributed by atoms with Gasteiger partial charge in [0.1, 0.15) is 17.7 Å². The highest BCUT2D eigenvalue weighted by Crippen LogP contribution is 2.14. The third-order valence-corrected chi connectivity index (χ3v) is 2.74. The smallest absolute Gasteiger partial charge is 0.326 e. The number of carbonyl (C=O) groups is 3. The van der Waals surface area contributed by atoms with Crippen molar-refractivity contribution in [3.63, 3.8) is 0 Å². The number of amides is 1. The molecule has 0 bridgehead atoms. The van der Waals surface area contributed by atoms with Gasteiger partial charge in [-0.1, -0.05) is 0 Å². The molecule has 0 aromatic heterocycles. The maximum Gasteiger partial charge on any atom is 0.326 e. The Morgan fingerprint density at radius 3 is 2.33 bits per heavy atom. The first-order valence-corrected chi connectivity index (χ1v) is 5.93. The molecule has 3 N–H and O–H groups in total. The molecule has 21 heavy (non-hydrogen) atoms. The van der Waals surface area contributed by atoms with Crippen LogP contribution >= 0.6 is 0 Å². The first-order valence-electron chi connectivity index (χ1n) is 5.93. The van der Waals surface area contributed by atoms with E-state index in [2.05, 4.69) is 0 Å². The van der Waals surface area contributed by atoms with Gasteiger partial charge in [-0.2, -0.15) is 0 Å². The average molecular weight is 301 g/mol. The second-order valence-electron chi connectivity index (χ2n) is 4.38. The monoisotopic (exact) mass is 301 g/mol. The van der Waals surface area contributed by atoms with Gasteiger partial charge in [-0.3, -0.25) is 9.59 Å². The molecule has 0 radical (unpaired) electrons. The van der Waals surface area contributed by atoms with Gasteiger partial charge in [0.2, 0.25) is 0 Å². The lowest BCUT2D eigenvalue weighted by molar-refractivity contribution is -0.140. The van der Waals surface area contributed by atoms with Crippen LogP contribution in [0.4, 0.5) is 8.78 Å². The van der Waals surface area contributed by atoms with E-state index in [9.17, 15) is 23.2 Å². The van der Waals surface area contributed by atoms with Crippen molar-refractivity contribution in [2.45, 2.75) is 25.8 Å². The van der Waals surface area contributed by atoms with Crippen molar-refractivity contribution in [1.82, 2.24) is 5.32 Å². The minimum absolute atomic E-state index is 0.0268. The highest BCUT2D eigenvalue weighted by atomic mass is 19.1.